The van der Waals surface area contributed by atoms with E-state index in [1.54, 1.807) is 0 Å². The predicted molar refractivity (Wildman–Crippen MR) is 175 cm³/mol. The fourth-order valence-electron chi connectivity index (χ4n) is 5.59. The number of hydrogen-bond acceptors (Lipinski definition) is 7. The van der Waals surface area contributed by atoms with Crippen LogP contribution < -0.4 is 0 Å². The van der Waals surface area contributed by atoms with Crippen LogP contribution in [0.15, 0.2) is 97.1 Å². The van der Waals surface area contributed by atoms with Crippen molar-refractivity contribution in [1.82, 2.24) is 39.9 Å². The van der Waals surface area contributed by atoms with Crippen LogP contribution in [0.5, 0.6) is 0 Å². The molecule has 48 heavy (non-hydrogen) atoms. The average molecular weight is 657 g/mol. The number of aromatic nitrogens is 8. The molecular weight excluding hydrogens is 638 g/mol. The lowest BCUT2D eigenvalue weighted by molar-refractivity contribution is -0.192. The lowest BCUT2D eigenvalue weighted by Gasteiger charge is -1.96. The number of aromatic amines is 2. The second-order valence-corrected chi connectivity index (χ2v) is 10.6. The minimum atomic E-state index is -5.08. The quantitative estimate of drug-likeness (QED) is 0.146. The van der Waals surface area contributed by atoms with E-state index in [0.717, 1.165) is 43.8 Å². The van der Waals surface area contributed by atoms with Gasteiger partial charge in [0, 0.05) is 54.8 Å². The van der Waals surface area contributed by atoms with Crippen molar-refractivity contribution in [3.63, 3.8) is 0 Å². The second kappa shape index (κ2) is 11.5. The van der Waals surface area contributed by atoms with Gasteiger partial charge in [0.05, 0.1) is 0 Å². The summed E-state index contributed by atoms with van der Waals surface area (Å²) in [5.74, 6) is -0.368. The maximum Gasteiger partial charge on any atom is 0.490 e. The number of halogens is 3. The van der Waals surface area contributed by atoms with Crippen molar-refractivity contribution in [2.75, 3.05) is 0 Å². The van der Waals surface area contributed by atoms with Gasteiger partial charge in [0.2, 0.25) is 0 Å². The third-order valence-corrected chi connectivity index (χ3v) is 7.70. The first-order chi connectivity index (χ1) is 22.7. The highest BCUT2D eigenvalue weighted by atomic mass is 28.1. The minimum Gasteiger partial charge on any atom is -0.475 e. The van der Waals surface area contributed by atoms with Gasteiger partial charge in [-0.3, -0.25) is 0 Å². The highest BCUT2D eigenvalue weighted by Gasteiger charge is 2.38. The summed E-state index contributed by atoms with van der Waals surface area (Å²) in [5.41, 5.74) is 6.45. The molecule has 0 fully saturated rings. The molecule has 5 heterocycles. The third-order valence-electron chi connectivity index (χ3n) is 7.70. The zero-order valence-corrected chi connectivity index (χ0v) is 25.4. The Kier molecular flexibility index (Phi) is 7.28. The molecule has 9 rings (SSSR count). The van der Waals surface area contributed by atoms with Gasteiger partial charge in [-0.2, -0.15) is 13.2 Å². The average Bonchev–Trinajstić information content (AvgIpc) is 3.80. The van der Waals surface area contributed by atoms with E-state index in [1.165, 1.54) is 0 Å². The van der Waals surface area contributed by atoms with Crippen LogP contribution >= 0.6 is 0 Å². The van der Waals surface area contributed by atoms with Crippen molar-refractivity contribution in [1.29, 1.82) is 0 Å². The fraction of sp³-hybridized carbons (Fsp3) is 0.0294. The number of carbonyl (C=O) groups is 1. The maximum atomic E-state index is 10.6. The zero-order chi connectivity index (χ0) is 32.3. The van der Waals surface area contributed by atoms with Crippen molar-refractivity contribution in [3.8, 4) is 45.6 Å². The van der Waals surface area contributed by atoms with Crippen LogP contribution in [0, 0.1) is 0 Å². The van der Waals surface area contributed by atoms with E-state index < -0.39 is 12.1 Å². The Morgan fingerprint density at radius 3 is 0.938 bits per heavy atom. The molecule has 7 aromatic rings. The number of hydrogen-bond donors (Lipinski definition) is 3. The lowest BCUT2D eigenvalue weighted by atomic mass is 10.1. The standard InChI is InChI=1S/C32H18N8.C2HF3O2.Si/c1-2-10-18-17(9-1)25-33-26(18)38-28-21-13-5-6-14-22(21)30(35-28)40-32-24-16-8-7-15-23(24)31(36-32)39-29-20-12-4-3-11-19(20)27(34-29)37-25;3-2(4,5)1(6)7;/h1-16H,(H2,33,34,35,36,37,38,39,40);(H,6,7);. The molecule has 3 aromatic heterocycles. The van der Waals surface area contributed by atoms with Crippen molar-refractivity contribution in [2.24, 2.45) is 0 Å². The number of carboxylic acid groups (broad SMARTS) is 1. The second-order valence-electron chi connectivity index (χ2n) is 10.6. The van der Waals surface area contributed by atoms with Gasteiger partial charge in [0.25, 0.3) is 0 Å². The summed E-state index contributed by atoms with van der Waals surface area (Å²) in [6, 6.07) is 32.2. The molecule has 0 saturated carbocycles. The Morgan fingerprint density at radius 2 is 0.708 bits per heavy atom. The predicted octanol–water partition coefficient (Wildman–Crippen LogP) is 7.12. The highest BCUT2D eigenvalue weighted by Crippen LogP contribution is 2.36. The van der Waals surface area contributed by atoms with E-state index in [-0.39, 0.29) is 11.0 Å². The molecule has 2 aliphatic heterocycles. The van der Waals surface area contributed by atoms with Crippen LogP contribution in [0.2, 0.25) is 0 Å². The largest absolute Gasteiger partial charge is 0.490 e. The third kappa shape index (κ3) is 5.13. The van der Waals surface area contributed by atoms with Gasteiger partial charge in [0.1, 0.15) is 22.6 Å². The SMILES string of the molecule is O=C(O)C(F)(F)F.[Si].c1ccc2c(c1)-c1nc-2nc2[nH]c(nc3nc(nc4[nH]c(n1)c1ccccc41)-c1ccccc1-3)c1ccccc21. The molecule has 232 valence electrons. The molecular formula is C34H19F3N8O2Si. The zero-order valence-electron chi connectivity index (χ0n) is 24.4. The molecule has 10 nitrogen and oxygen atoms in total. The Hall–Kier alpha value is -6.28. The Morgan fingerprint density at radius 1 is 0.479 bits per heavy atom. The van der Waals surface area contributed by atoms with Crippen LogP contribution in [-0.4, -0.2) is 68.1 Å². The summed E-state index contributed by atoms with van der Waals surface area (Å²) in [6.45, 7) is 0. The van der Waals surface area contributed by atoms with Crippen LogP contribution in [0.25, 0.3) is 89.7 Å². The van der Waals surface area contributed by atoms with E-state index in [0.29, 0.717) is 45.9 Å². The molecule has 0 spiro atoms. The summed E-state index contributed by atoms with van der Waals surface area (Å²) in [6.07, 6.45) is -5.08. The van der Waals surface area contributed by atoms with Gasteiger partial charge in [-0.05, 0) is 0 Å². The Labute approximate surface area is 272 Å². The van der Waals surface area contributed by atoms with E-state index >= 15 is 0 Å². The van der Waals surface area contributed by atoms with Crippen LogP contribution in [0.3, 0.4) is 0 Å². The van der Waals surface area contributed by atoms with E-state index in [9.17, 15) is 13.2 Å². The van der Waals surface area contributed by atoms with Gasteiger partial charge in [-0.15, -0.1) is 0 Å². The van der Waals surface area contributed by atoms with Crippen molar-refractivity contribution in [3.05, 3.63) is 97.1 Å². The number of benzene rings is 4. The number of nitrogens with one attached hydrogen (secondary N) is 2. The Bertz CT molecular complexity index is 2260. The van der Waals surface area contributed by atoms with Gasteiger partial charge in [0.15, 0.2) is 23.3 Å². The summed E-state index contributed by atoms with van der Waals surface area (Å²) in [5, 5.41) is 10.9. The molecule has 2 aliphatic rings. The number of alkyl halides is 3. The van der Waals surface area contributed by atoms with Gasteiger partial charge in [-0.1, -0.05) is 97.1 Å². The number of aliphatic carboxylic acids is 1. The number of nitrogens with zero attached hydrogens (tertiary/aromatic N) is 6. The first-order valence-electron chi connectivity index (χ1n) is 14.2. The van der Waals surface area contributed by atoms with E-state index in [2.05, 4.69) is 9.97 Å². The Balaban J connectivity index is 0.000000415. The van der Waals surface area contributed by atoms with Crippen molar-refractivity contribution in [2.45, 2.75) is 6.18 Å². The smallest absolute Gasteiger partial charge is 0.475 e. The first-order valence-corrected chi connectivity index (χ1v) is 14.2. The van der Waals surface area contributed by atoms with Gasteiger partial charge in [-0.25, -0.2) is 34.7 Å². The molecule has 4 aromatic carbocycles. The van der Waals surface area contributed by atoms with Crippen molar-refractivity contribution < 1.29 is 23.1 Å². The highest BCUT2D eigenvalue weighted by molar-refractivity contribution is 6.06. The number of rotatable bonds is 0. The van der Waals surface area contributed by atoms with Crippen LogP contribution in [0.1, 0.15) is 0 Å². The summed E-state index contributed by atoms with van der Waals surface area (Å²) in [4.78, 5) is 45.7. The molecule has 14 heteroatoms. The van der Waals surface area contributed by atoms with Crippen LogP contribution in [0.4, 0.5) is 13.2 Å². The fourth-order valence-corrected chi connectivity index (χ4v) is 5.59. The molecule has 0 saturated heterocycles. The number of carboxylic acids is 1. The minimum absolute atomic E-state index is 0. The monoisotopic (exact) mass is 656 g/mol. The van der Waals surface area contributed by atoms with E-state index in [4.69, 9.17) is 39.8 Å². The maximum absolute atomic E-state index is 10.6. The number of H-pyrrole nitrogens is 2. The summed E-state index contributed by atoms with van der Waals surface area (Å²) < 4.78 is 31.7. The molecule has 8 bridgehead atoms. The molecule has 0 unspecified atom stereocenters. The number of fused-ring (bicyclic) bond motifs is 20. The van der Waals surface area contributed by atoms with Crippen LogP contribution in [-0.2, 0) is 4.79 Å². The summed E-state index contributed by atoms with van der Waals surface area (Å²) in [7, 11) is 0. The van der Waals surface area contributed by atoms with Crippen molar-refractivity contribution >= 4 is 61.1 Å². The normalized spacial score (nSPS) is 11.6. The first kappa shape index (κ1) is 30.4. The molecule has 0 aliphatic carbocycles. The van der Waals surface area contributed by atoms with Gasteiger partial charge >= 0.3 is 12.1 Å². The lowest BCUT2D eigenvalue weighted by Crippen LogP contribution is -2.21. The molecule has 0 amide bonds. The van der Waals surface area contributed by atoms with E-state index in [1.807, 2.05) is 97.1 Å². The summed E-state index contributed by atoms with van der Waals surface area (Å²) >= 11 is 0. The van der Waals surface area contributed by atoms with Gasteiger partial charge < -0.3 is 15.1 Å². The molecule has 0 atom stereocenters. The molecule has 3 N–H and O–H groups in total. The molecule has 4 radical (unpaired) electrons. The topological polar surface area (TPSA) is 146 Å².